The SMILES string of the molecule is CC(C(=O)O)c1ccc(C=C2Oc3c(ccc(O)c3O)C2=O)o1. The van der Waals surface area contributed by atoms with Crippen molar-refractivity contribution in [2.24, 2.45) is 0 Å². The molecule has 3 N–H and O–H groups in total. The summed E-state index contributed by atoms with van der Waals surface area (Å²) in [6.07, 6.45) is 1.30. The number of phenolic OH excluding ortho intramolecular Hbond substituents is 2. The smallest absolute Gasteiger partial charge is 0.313 e. The maximum absolute atomic E-state index is 12.2. The van der Waals surface area contributed by atoms with Crippen molar-refractivity contribution in [3.63, 3.8) is 0 Å². The van der Waals surface area contributed by atoms with Crippen molar-refractivity contribution in [1.82, 2.24) is 0 Å². The second-order valence-corrected chi connectivity index (χ2v) is 5.05. The van der Waals surface area contributed by atoms with E-state index in [1.807, 2.05) is 0 Å². The highest BCUT2D eigenvalue weighted by Gasteiger charge is 2.31. The number of carboxylic acid groups (broad SMARTS) is 1. The number of rotatable bonds is 3. The minimum Gasteiger partial charge on any atom is -0.504 e. The van der Waals surface area contributed by atoms with Crippen LogP contribution in [0.25, 0.3) is 6.08 Å². The van der Waals surface area contributed by atoms with Gasteiger partial charge >= 0.3 is 5.97 Å². The summed E-state index contributed by atoms with van der Waals surface area (Å²) in [6.45, 7) is 1.48. The topological polar surface area (TPSA) is 117 Å². The van der Waals surface area contributed by atoms with E-state index in [-0.39, 0.29) is 28.6 Å². The molecule has 7 nitrogen and oxygen atoms in total. The van der Waals surface area contributed by atoms with Crippen molar-refractivity contribution in [3.05, 3.63) is 47.1 Å². The predicted molar refractivity (Wildman–Crippen MR) is 77.5 cm³/mol. The lowest BCUT2D eigenvalue weighted by atomic mass is 10.1. The van der Waals surface area contributed by atoms with Crippen LogP contribution >= 0.6 is 0 Å². The van der Waals surface area contributed by atoms with Crippen molar-refractivity contribution in [2.75, 3.05) is 0 Å². The van der Waals surface area contributed by atoms with Gasteiger partial charge in [-0.05, 0) is 31.2 Å². The first-order chi connectivity index (χ1) is 10.9. The van der Waals surface area contributed by atoms with E-state index in [0.717, 1.165) is 0 Å². The van der Waals surface area contributed by atoms with Crippen LogP contribution in [0.5, 0.6) is 17.2 Å². The van der Waals surface area contributed by atoms with Crippen molar-refractivity contribution in [3.8, 4) is 17.2 Å². The number of carbonyl (C=O) groups excluding carboxylic acids is 1. The molecule has 0 saturated heterocycles. The lowest BCUT2D eigenvalue weighted by molar-refractivity contribution is -0.138. The van der Waals surface area contributed by atoms with E-state index in [2.05, 4.69) is 0 Å². The van der Waals surface area contributed by atoms with Crippen LogP contribution in [0.2, 0.25) is 0 Å². The minimum atomic E-state index is -1.03. The molecule has 7 heteroatoms. The molecule has 2 aromatic rings. The van der Waals surface area contributed by atoms with Crippen LogP contribution in [-0.4, -0.2) is 27.1 Å². The molecule has 1 unspecified atom stereocenters. The quantitative estimate of drug-likeness (QED) is 0.588. The van der Waals surface area contributed by atoms with Gasteiger partial charge < -0.3 is 24.5 Å². The highest BCUT2D eigenvalue weighted by Crippen LogP contribution is 2.44. The number of carbonyl (C=O) groups is 2. The number of furan rings is 1. The van der Waals surface area contributed by atoms with Gasteiger partial charge in [-0.3, -0.25) is 9.59 Å². The molecule has 0 aliphatic carbocycles. The van der Waals surface area contributed by atoms with Gasteiger partial charge in [0.15, 0.2) is 17.3 Å². The summed E-state index contributed by atoms with van der Waals surface area (Å²) in [4.78, 5) is 23.1. The van der Waals surface area contributed by atoms with Gasteiger partial charge in [-0.25, -0.2) is 0 Å². The summed E-state index contributed by atoms with van der Waals surface area (Å²) in [7, 11) is 0. The molecule has 1 aliphatic rings. The number of ketones is 1. The first kappa shape index (κ1) is 14.7. The molecule has 2 heterocycles. The number of aromatic hydroxyl groups is 2. The van der Waals surface area contributed by atoms with Crippen molar-refractivity contribution in [2.45, 2.75) is 12.8 Å². The monoisotopic (exact) mass is 316 g/mol. The van der Waals surface area contributed by atoms with E-state index in [1.54, 1.807) is 0 Å². The predicted octanol–water partition coefficient (Wildman–Crippen LogP) is 2.50. The Morgan fingerprint density at radius 3 is 2.65 bits per heavy atom. The summed E-state index contributed by atoms with van der Waals surface area (Å²) in [6, 6.07) is 5.55. The normalized spacial score (nSPS) is 16.2. The fraction of sp³-hybridized carbons (Fsp3) is 0.125. The summed E-state index contributed by atoms with van der Waals surface area (Å²) in [5, 5.41) is 28.1. The molecule has 0 spiro atoms. The first-order valence-electron chi connectivity index (χ1n) is 6.70. The van der Waals surface area contributed by atoms with Gasteiger partial charge in [-0.1, -0.05) is 0 Å². The number of carboxylic acids is 1. The Kier molecular flexibility index (Phi) is 3.33. The van der Waals surface area contributed by atoms with Crippen LogP contribution in [-0.2, 0) is 4.79 Å². The van der Waals surface area contributed by atoms with Crippen LogP contribution in [0, 0.1) is 0 Å². The molecule has 23 heavy (non-hydrogen) atoms. The van der Waals surface area contributed by atoms with Crippen molar-refractivity contribution < 1.29 is 34.1 Å². The van der Waals surface area contributed by atoms with Crippen molar-refractivity contribution >= 4 is 17.8 Å². The third-order valence-corrected chi connectivity index (χ3v) is 3.51. The summed E-state index contributed by atoms with van der Waals surface area (Å²) in [5.41, 5.74) is 0.122. The van der Waals surface area contributed by atoms with E-state index >= 15 is 0 Å². The highest BCUT2D eigenvalue weighted by molar-refractivity contribution is 6.15. The molecule has 118 valence electrons. The molecule has 1 aromatic carbocycles. The van der Waals surface area contributed by atoms with Crippen LogP contribution in [0.4, 0.5) is 0 Å². The average molecular weight is 316 g/mol. The van der Waals surface area contributed by atoms with Crippen molar-refractivity contribution in [1.29, 1.82) is 0 Å². The van der Waals surface area contributed by atoms with Gasteiger partial charge in [0, 0.05) is 6.08 Å². The molecule has 0 saturated carbocycles. The fourth-order valence-corrected chi connectivity index (χ4v) is 2.16. The van der Waals surface area contributed by atoms with E-state index in [4.69, 9.17) is 14.3 Å². The Morgan fingerprint density at radius 2 is 1.96 bits per heavy atom. The third-order valence-electron chi connectivity index (χ3n) is 3.51. The Hall–Kier alpha value is -3.22. The molecule has 0 radical (unpaired) electrons. The number of hydrogen-bond donors (Lipinski definition) is 3. The van der Waals surface area contributed by atoms with Crippen LogP contribution in [0.1, 0.15) is 34.7 Å². The summed E-state index contributed by atoms with van der Waals surface area (Å²) < 4.78 is 10.6. The first-order valence-corrected chi connectivity index (χ1v) is 6.70. The van der Waals surface area contributed by atoms with Gasteiger partial charge in [0.1, 0.15) is 17.4 Å². The molecule has 1 aromatic heterocycles. The second kappa shape index (κ2) is 5.20. The Labute approximate surface area is 130 Å². The van der Waals surface area contributed by atoms with Gasteiger partial charge in [0.05, 0.1) is 5.56 Å². The number of aliphatic carboxylic acids is 1. The Bertz CT molecular complexity index is 844. The number of benzene rings is 1. The van der Waals surface area contributed by atoms with E-state index in [1.165, 1.54) is 37.3 Å². The lowest BCUT2D eigenvalue weighted by Crippen LogP contribution is -2.05. The maximum atomic E-state index is 12.2. The molecule has 0 amide bonds. The maximum Gasteiger partial charge on any atom is 0.313 e. The summed E-state index contributed by atoms with van der Waals surface area (Å²) in [5.74, 6) is -2.95. The van der Waals surface area contributed by atoms with Gasteiger partial charge in [0.2, 0.25) is 11.5 Å². The number of fused-ring (bicyclic) bond motifs is 1. The lowest BCUT2D eigenvalue weighted by Gasteiger charge is -2.02. The van der Waals surface area contributed by atoms with Gasteiger partial charge in [0.25, 0.3) is 0 Å². The number of Topliss-reactive ketones (excluding diaryl/α,β-unsaturated/α-hetero) is 1. The standard InChI is InChI=1S/C16H12O7/c1-7(16(20)21)11-5-2-8(22-11)6-12-13(18)9-3-4-10(17)14(19)15(9)23-12/h2-7,17,19H,1H3,(H,20,21). The molecule has 0 fully saturated rings. The van der Waals surface area contributed by atoms with E-state index in [0.29, 0.717) is 0 Å². The average Bonchev–Trinajstić information content (AvgIpc) is 3.09. The minimum absolute atomic E-state index is 0.0928. The zero-order valence-electron chi connectivity index (χ0n) is 11.9. The molecule has 3 rings (SSSR count). The van der Waals surface area contributed by atoms with E-state index < -0.39 is 29.2 Å². The van der Waals surface area contributed by atoms with Gasteiger partial charge in [-0.2, -0.15) is 0 Å². The molecule has 0 bridgehead atoms. The molecule has 1 aliphatic heterocycles. The Balaban J connectivity index is 1.92. The highest BCUT2D eigenvalue weighted by atomic mass is 16.5. The Morgan fingerprint density at radius 1 is 1.22 bits per heavy atom. The second-order valence-electron chi connectivity index (χ2n) is 5.05. The van der Waals surface area contributed by atoms with Crippen LogP contribution in [0.3, 0.4) is 0 Å². The van der Waals surface area contributed by atoms with Gasteiger partial charge in [-0.15, -0.1) is 0 Å². The number of allylic oxidation sites excluding steroid dienone is 1. The molecule has 1 atom stereocenters. The van der Waals surface area contributed by atoms with Crippen LogP contribution in [0.15, 0.2) is 34.4 Å². The zero-order chi connectivity index (χ0) is 16.7. The molecular formula is C16H12O7. The third kappa shape index (κ3) is 2.42. The van der Waals surface area contributed by atoms with E-state index in [9.17, 15) is 19.8 Å². The molecular weight excluding hydrogens is 304 g/mol. The fourth-order valence-electron chi connectivity index (χ4n) is 2.16. The number of phenols is 2. The summed E-state index contributed by atoms with van der Waals surface area (Å²) >= 11 is 0. The largest absolute Gasteiger partial charge is 0.504 e. The van der Waals surface area contributed by atoms with Crippen LogP contribution < -0.4 is 4.74 Å². The zero-order valence-corrected chi connectivity index (χ0v) is 11.9. The number of ether oxygens (including phenoxy) is 1. The number of hydrogen-bond acceptors (Lipinski definition) is 6.